The van der Waals surface area contributed by atoms with Gasteiger partial charge in [-0.1, -0.05) is 43.3 Å². The second kappa shape index (κ2) is 6.81. The zero-order valence-corrected chi connectivity index (χ0v) is 8.63. The van der Waals surface area contributed by atoms with Gasteiger partial charge < -0.3 is 0 Å². The highest BCUT2D eigenvalue weighted by Crippen LogP contribution is 2.13. The molecule has 1 aromatic rings. The van der Waals surface area contributed by atoms with Crippen molar-refractivity contribution in [2.45, 2.75) is 20.3 Å². The number of allylic oxidation sites excluding steroid dienone is 1. The third kappa shape index (κ3) is 4.39. The number of hydrogen-bond acceptors (Lipinski definition) is 2. The number of hydrogen-bond donors (Lipinski definition) is 1. The van der Waals surface area contributed by atoms with E-state index in [0.717, 1.165) is 18.1 Å². The molecule has 1 aromatic carbocycles. The van der Waals surface area contributed by atoms with Crippen LogP contribution in [0.25, 0.3) is 5.57 Å². The maximum Gasteiger partial charge on any atom is 0.231 e. The Morgan fingerprint density at radius 3 is 2.57 bits per heavy atom. The molecule has 0 aliphatic heterocycles. The Labute approximate surface area is 84.8 Å². The molecular formula is C12H15NO. The molecular weight excluding hydrogens is 174 g/mol. The molecule has 2 nitrogen and oxygen atoms in total. The summed E-state index contributed by atoms with van der Waals surface area (Å²) in [5.41, 5.74) is 3.77. The summed E-state index contributed by atoms with van der Waals surface area (Å²) in [6, 6.07) is 8.53. The Hall–Kier alpha value is -1.66. The normalized spacial score (nSPS) is 8.14. The van der Waals surface area contributed by atoms with E-state index < -0.39 is 0 Å². The molecule has 0 fully saturated rings. The Balaban J connectivity index is 0.000000500. The van der Waals surface area contributed by atoms with Crippen LogP contribution in [0, 0.1) is 5.41 Å². The van der Waals surface area contributed by atoms with Gasteiger partial charge in [-0.15, -0.1) is 0 Å². The molecule has 0 heterocycles. The van der Waals surface area contributed by atoms with Crippen molar-refractivity contribution in [2.75, 3.05) is 0 Å². The lowest BCUT2D eigenvalue weighted by Gasteiger charge is -2.01. The van der Waals surface area contributed by atoms with Crippen molar-refractivity contribution in [3.63, 3.8) is 0 Å². The van der Waals surface area contributed by atoms with Crippen molar-refractivity contribution >= 4 is 11.7 Å². The Morgan fingerprint density at radius 2 is 2.14 bits per heavy atom. The second-order valence-corrected chi connectivity index (χ2v) is 2.94. The molecule has 1 N–H and O–H groups in total. The number of benzene rings is 1. The predicted octanol–water partition coefficient (Wildman–Crippen LogP) is 3.18. The van der Waals surface area contributed by atoms with Gasteiger partial charge in [0.1, 0.15) is 0 Å². The van der Waals surface area contributed by atoms with Crippen LogP contribution in [-0.4, -0.2) is 6.08 Å². The van der Waals surface area contributed by atoms with Crippen LogP contribution in [0.3, 0.4) is 0 Å². The van der Waals surface area contributed by atoms with Crippen molar-refractivity contribution in [3.05, 3.63) is 42.0 Å². The van der Waals surface area contributed by atoms with Gasteiger partial charge in [0.15, 0.2) is 0 Å². The molecule has 0 aliphatic rings. The first-order chi connectivity index (χ1) is 6.65. The van der Waals surface area contributed by atoms with Gasteiger partial charge in [0.05, 0.1) is 0 Å². The number of nitrogens with one attached hydrogen (secondary N) is 1. The van der Waals surface area contributed by atoms with Gasteiger partial charge in [0, 0.05) is 0 Å². The number of aryl methyl sites for hydroxylation is 1. The zero-order chi connectivity index (χ0) is 11.0. The van der Waals surface area contributed by atoms with Crippen LogP contribution in [-0.2, 0) is 11.2 Å². The molecule has 0 aromatic heterocycles. The van der Waals surface area contributed by atoms with E-state index in [1.54, 1.807) is 0 Å². The van der Waals surface area contributed by atoms with Crippen LogP contribution in [0.4, 0.5) is 0 Å². The molecule has 0 amide bonds. The van der Waals surface area contributed by atoms with Crippen molar-refractivity contribution in [3.8, 4) is 0 Å². The van der Waals surface area contributed by atoms with Crippen LogP contribution in [0.5, 0.6) is 0 Å². The maximum absolute atomic E-state index is 8.35. The minimum atomic E-state index is 0.750. The van der Waals surface area contributed by atoms with Gasteiger partial charge >= 0.3 is 0 Å². The van der Waals surface area contributed by atoms with Gasteiger partial charge in [-0.3, -0.25) is 0 Å². The second-order valence-electron chi connectivity index (χ2n) is 2.94. The third-order valence-electron chi connectivity index (χ3n) is 1.83. The van der Waals surface area contributed by atoms with Crippen molar-refractivity contribution in [1.29, 1.82) is 5.41 Å². The topological polar surface area (TPSA) is 40.9 Å². The standard InChI is InChI=1S/C11H14.CHNO/c1-4-10-6-5-7-11(8-10)9(2)3;2-1-3/h5-8H,2,4H2,1,3H3;2H. The lowest BCUT2D eigenvalue weighted by molar-refractivity contribution is 0.563. The fourth-order valence-electron chi connectivity index (χ4n) is 1.06. The number of carbonyl (C=O) groups excluding carboxylic acids is 1. The summed E-state index contributed by atoms with van der Waals surface area (Å²) < 4.78 is 0. The van der Waals surface area contributed by atoms with Gasteiger partial charge in [0.2, 0.25) is 6.08 Å². The lowest BCUT2D eigenvalue weighted by Crippen LogP contribution is -1.82. The van der Waals surface area contributed by atoms with Crippen molar-refractivity contribution in [1.82, 2.24) is 0 Å². The average molecular weight is 189 g/mol. The molecule has 2 heteroatoms. The van der Waals surface area contributed by atoms with E-state index in [-0.39, 0.29) is 0 Å². The van der Waals surface area contributed by atoms with E-state index in [1.165, 1.54) is 11.1 Å². The van der Waals surface area contributed by atoms with Gasteiger partial charge in [-0.05, 0) is 24.5 Å². The monoisotopic (exact) mass is 189 g/mol. The van der Waals surface area contributed by atoms with E-state index in [1.807, 2.05) is 6.92 Å². The van der Waals surface area contributed by atoms with Crippen molar-refractivity contribution in [2.24, 2.45) is 0 Å². The summed E-state index contributed by atoms with van der Waals surface area (Å²) in [6.07, 6.45) is 1.85. The molecule has 0 bridgehead atoms. The Bertz CT molecular complexity index is 336. The molecule has 0 unspecified atom stereocenters. The molecule has 0 aliphatic carbocycles. The first-order valence-corrected chi connectivity index (χ1v) is 4.44. The minimum absolute atomic E-state index is 0.750. The number of isocyanates is 1. The highest BCUT2D eigenvalue weighted by molar-refractivity contribution is 5.61. The summed E-state index contributed by atoms with van der Waals surface area (Å²) in [7, 11) is 0. The highest BCUT2D eigenvalue weighted by atomic mass is 16.1. The molecule has 14 heavy (non-hydrogen) atoms. The average Bonchev–Trinajstić information content (AvgIpc) is 2.19. The fourth-order valence-corrected chi connectivity index (χ4v) is 1.06. The molecule has 1 rings (SSSR count). The third-order valence-corrected chi connectivity index (χ3v) is 1.83. The van der Waals surface area contributed by atoms with Crippen LogP contribution >= 0.6 is 0 Å². The SMILES string of the molecule is C=C(C)c1cccc(CC)c1.N=C=O. The van der Waals surface area contributed by atoms with E-state index in [4.69, 9.17) is 10.2 Å². The van der Waals surface area contributed by atoms with Crippen LogP contribution in [0.15, 0.2) is 30.8 Å². The molecule has 0 saturated heterocycles. The molecule has 0 atom stereocenters. The summed E-state index contributed by atoms with van der Waals surface area (Å²) in [5.74, 6) is 0. The maximum atomic E-state index is 8.35. The van der Waals surface area contributed by atoms with Gasteiger partial charge in [-0.25, -0.2) is 10.2 Å². The largest absolute Gasteiger partial charge is 0.231 e. The molecule has 0 saturated carbocycles. The smallest absolute Gasteiger partial charge is 0.222 e. The Kier molecular flexibility index (Phi) is 6.01. The summed E-state index contributed by atoms with van der Waals surface area (Å²) in [6.45, 7) is 8.10. The van der Waals surface area contributed by atoms with Gasteiger partial charge in [-0.2, -0.15) is 0 Å². The zero-order valence-electron chi connectivity index (χ0n) is 8.63. The summed E-state index contributed by atoms with van der Waals surface area (Å²) >= 11 is 0. The van der Waals surface area contributed by atoms with E-state index in [9.17, 15) is 0 Å². The first kappa shape index (κ1) is 12.3. The fraction of sp³-hybridized carbons (Fsp3) is 0.250. The Morgan fingerprint density at radius 1 is 1.57 bits per heavy atom. The lowest BCUT2D eigenvalue weighted by atomic mass is 10.0. The van der Waals surface area contributed by atoms with E-state index in [0.29, 0.717) is 0 Å². The molecule has 0 spiro atoms. The van der Waals surface area contributed by atoms with Crippen LogP contribution < -0.4 is 0 Å². The summed E-state index contributed by atoms with van der Waals surface area (Å²) in [5, 5.41) is 5.40. The van der Waals surface area contributed by atoms with Crippen LogP contribution in [0.2, 0.25) is 0 Å². The van der Waals surface area contributed by atoms with E-state index in [2.05, 4.69) is 37.8 Å². The van der Waals surface area contributed by atoms with Crippen molar-refractivity contribution < 1.29 is 4.79 Å². The molecule has 0 radical (unpaired) electrons. The predicted molar refractivity (Wildman–Crippen MR) is 58.9 cm³/mol. The van der Waals surface area contributed by atoms with Gasteiger partial charge in [0.25, 0.3) is 0 Å². The summed E-state index contributed by atoms with van der Waals surface area (Å²) in [4.78, 5) is 8.35. The highest BCUT2D eigenvalue weighted by Gasteiger charge is 1.93. The first-order valence-electron chi connectivity index (χ1n) is 4.44. The quantitative estimate of drug-likeness (QED) is 0.563. The minimum Gasteiger partial charge on any atom is -0.222 e. The molecule has 74 valence electrons. The number of rotatable bonds is 2. The van der Waals surface area contributed by atoms with E-state index >= 15 is 0 Å². The van der Waals surface area contributed by atoms with Crippen LogP contribution in [0.1, 0.15) is 25.0 Å².